The summed E-state index contributed by atoms with van der Waals surface area (Å²) in [7, 11) is 0. The first-order valence-electron chi connectivity index (χ1n) is 9.98. The minimum atomic E-state index is -1.82. The standard InChI is InChI=1S/C24H26P2S2/c27-25(21-11-4-1-5-12-21)19-10-17-24(25)18-20-26(28,22-13-6-2-7-14-22)23-15-8-3-9-16-23/h1-9,11-16,24H,10,17-20H2/t24-,25-/m0/s1. The van der Waals surface area contributed by atoms with Crippen LogP contribution in [-0.4, -0.2) is 18.0 Å². The zero-order chi connectivity index (χ0) is 19.5. The van der Waals surface area contributed by atoms with E-state index in [2.05, 4.69) is 91.0 Å². The Morgan fingerprint density at radius 3 is 1.82 bits per heavy atom. The molecule has 0 saturated carbocycles. The zero-order valence-corrected chi connectivity index (χ0v) is 19.4. The second kappa shape index (κ2) is 8.76. The van der Waals surface area contributed by atoms with Crippen molar-refractivity contribution in [2.24, 2.45) is 0 Å². The molecule has 1 saturated heterocycles. The predicted octanol–water partition coefficient (Wildman–Crippen LogP) is 5.47. The van der Waals surface area contributed by atoms with Crippen molar-refractivity contribution in [2.45, 2.75) is 24.9 Å². The average molecular weight is 441 g/mol. The van der Waals surface area contributed by atoms with Gasteiger partial charge < -0.3 is 0 Å². The molecule has 3 aromatic rings. The van der Waals surface area contributed by atoms with Crippen LogP contribution >= 0.6 is 12.1 Å². The van der Waals surface area contributed by atoms with Crippen molar-refractivity contribution in [2.75, 3.05) is 12.3 Å². The number of benzene rings is 3. The van der Waals surface area contributed by atoms with Gasteiger partial charge in [0.15, 0.2) is 0 Å². The van der Waals surface area contributed by atoms with Crippen molar-refractivity contribution in [3.05, 3.63) is 91.0 Å². The summed E-state index contributed by atoms with van der Waals surface area (Å²) < 4.78 is 0. The van der Waals surface area contributed by atoms with Crippen LogP contribution in [0.15, 0.2) is 91.0 Å². The number of rotatable bonds is 6. The van der Waals surface area contributed by atoms with Crippen molar-refractivity contribution < 1.29 is 0 Å². The van der Waals surface area contributed by atoms with Gasteiger partial charge in [-0.15, -0.1) is 0 Å². The highest BCUT2D eigenvalue weighted by Crippen LogP contribution is 2.60. The Hall–Kier alpha value is -1.04. The summed E-state index contributed by atoms with van der Waals surface area (Å²) in [6.45, 7) is 0. The van der Waals surface area contributed by atoms with Crippen LogP contribution in [0.25, 0.3) is 0 Å². The Morgan fingerprint density at radius 1 is 0.786 bits per heavy atom. The van der Waals surface area contributed by atoms with Gasteiger partial charge >= 0.3 is 0 Å². The molecule has 0 N–H and O–H groups in total. The molecule has 0 nitrogen and oxygen atoms in total. The Labute approximate surface area is 179 Å². The van der Waals surface area contributed by atoms with Gasteiger partial charge in [0.25, 0.3) is 0 Å². The molecule has 4 rings (SSSR count). The van der Waals surface area contributed by atoms with E-state index in [-0.39, 0.29) is 0 Å². The van der Waals surface area contributed by atoms with Gasteiger partial charge in [-0.25, -0.2) is 0 Å². The fourth-order valence-electron chi connectivity index (χ4n) is 4.40. The van der Waals surface area contributed by atoms with Gasteiger partial charge in [-0.3, -0.25) is 0 Å². The average Bonchev–Trinajstić information content (AvgIpc) is 3.15. The summed E-state index contributed by atoms with van der Waals surface area (Å²) in [5, 5.41) is 4.10. The van der Waals surface area contributed by atoms with Gasteiger partial charge in [-0.05, 0) is 59.2 Å². The molecule has 1 aliphatic rings. The molecule has 1 fully saturated rings. The minimum Gasteiger partial charge on any atom is -0.0923 e. The lowest BCUT2D eigenvalue weighted by atomic mass is 10.2. The topological polar surface area (TPSA) is 0 Å². The van der Waals surface area contributed by atoms with Crippen LogP contribution < -0.4 is 15.9 Å². The van der Waals surface area contributed by atoms with Crippen LogP contribution in [0.1, 0.15) is 19.3 Å². The molecule has 0 spiro atoms. The van der Waals surface area contributed by atoms with E-state index in [0.717, 1.165) is 12.6 Å². The smallest absolute Gasteiger partial charge is 0.0106 e. The highest BCUT2D eigenvalue weighted by atomic mass is 32.4. The first-order valence-corrected chi connectivity index (χ1v) is 16.0. The van der Waals surface area contributed by atoms with E-state index < -0.39 is 12.1 Å². The third-order valence-corrected chi connectivity index (χ3v) is 16.8. The molecular formula is C24H26P2S2. The Balaban J connectivity index is 1.64. The quantitative estimate of drug-likeness (QED) is 0.466. The van der Waals surface area contributed by atoms with Crippen molar-refractivity contribution >= 4 is 51.6 Å². The summed E-state index contributed by atoms with van der Waals surface area (Å²) in [4.78, 5) is 0. The van der Waals surface area contributed by atoms with Crippen LogP contribution in [0.3, 0.4) is 0 Å². The fraction of sp³-hybridized carbons (Fsp3) is 0.250. The Morgan fingerprint density at radius 2 is 1.29 bits per heavy atom. The second-order valence-corrected chi connectivity index (χ2v) is 17.6. The van der Waals surface area contributed by atoms with Crippen LogP contribution in [-0.2, 0) is 23.6 Å². The van der Waals surface area contributed by atoms with Gasteiger partial charge in [-0.1, -0.05) is 115 Å². The molecule has 0 unspecified atom stereocenters. The first-order chi connectivity index (χ1) is 13.6. The van der Waals surface area contributed by atoms with E-state index in [1.54, 1.807) is 0 Å². The summed E-state index contributed by atoms with van der Waals surface area (Å²) in [6, 6.07) is 29.2. The van der Waals surface area contributed by atoms with E-state index in [0.29, 0.717) is 5.66 Å². The molecular weight excluding hydrogens is 414 g/mol. The molecule has 0 aliphatic carbocycles. The van der Waals surface area contributed by atoms with Gasteiger partial charge in [0.2, 0.25) is 0 Å². The van der Waals surface area contributed by atoms with Gasteiger partial charge in [0.1, 0.15) is 0 Å². The SMILES string of the molecule is S=P(CC[C@@H]1CCC[P@]1(=S)c1ccccc1)(c1ccccc1)c1ccccc1. The summed E-state index contributed by atoms with van der Waals surface area (Å²) in [5.41, 5.74) is 0.639. The first kappa shape index (κ1) is 20.2. The fourth-order valence-corrected chi connectivity index (χ4v) is 13.4. The molecule has 28 heavy (non-hydrogen) atoms. The van der Waals surface area contributed by atoms with Crippen LogP contribution in [0.5, 0.6) is 0 Å². The van der Waals surface area contributed by atoms with E-state index >= 15 is 0 Å². The number of hydrogen-bond donors (Lipinski definition) is 0. The highest BCUT2D eigenvalue weighted by molar-refractivity contribution is 8.22. The van der Waals surface area contributed by atoms with Crippen LogP contribution in [0.2, 0.25) is 0 Å². The molecule has 0 amide bonds. The van der Waals surface area contributed by atoms with Crippen LogP contribution in [0, 0.1) is 0 Å². The maximum atomic E-state index is 6.45. The molecule has 2 atom stereocenters. The molecule has 0 radical (unpaired) electrons. The lowest BCUT2D eigenvalue weighted by molar-refractivity contribution is 0.760. The Bertz CT molecular complexity index is 957. The minimum absolute atomic E-state index is 0.639. The van der Waals surface area contributed by atoms with E-state index in [1.807, 2.05) is 0 Å². The maximum Gasteiger partial charge on any atom is 0.0106 e. The third-order valence-electron chi connectivity index (χ3n) is 5.93. The van der Waals surface area contributed by atoms with Crippen molar-refractivity contribution in [1.29, 1.82) is 0 Å². The second-order valence-electron chi connectivity index (χ2n) is 7.57. The Kier molecular flexibility index (Phi) is 6.34. The zero-order valence-electron chi connectivity index (χ0n) is 16.0. The van der Waals surface area contributed by atoms with E-state index in [1.165, 1.54) is 34.9 Å². The van der Waals surface area contributed by atoms with Crippen molar-refractivity contribution in [3.8, 4) is 0 Å². The molecule has 1 heterocycles. The van der Waals surface area contributed by atoms with Gasteiger partial charge in [0, 0.05) is 6.04 Å². The van der Waals surface area contributed by atoms with Gasteiger partial charge in [-0.2, -0.15) is 0 Å². The highest BCUT2D eigenvalue weighted by Gasteiger charge is 2.36. The van der Waals surface area contributed by atoms with Crippen LogP contribution in [0.4, 0.5) is 0 Å². The summed E-state index contributed by atoms with van der Waals surface area (Å²) >= 11 is 12.8. The third kappa shape index (κ3) is 3.99. The molecule has 0 aromatic heterocycles. The lowest BCUT2D eigenvalue weighted by Crippen LogP contribution is -2.21. The molecule has 4 heteroatoms. The summed E-state index contributed by atoms with van der Waals surface area (Å²) in [6.07, 6.45) is 6.00. The van der Waals surface area contributed by atoms with Crippen molar-refractivity contribution in [1.82, 2.24) is 0 Å². The molecule has 1 aliphatic heterocycles. The normalized spacial score (nSPS) is 22.2. The number of hydrogen-bond acceptors (Lipinski definition) is 2. The molecule has 144 valence electrons. The van der Waals surface area contributed by atoms with E-state index in [4.69, 9.17) is 23.6 Å². The monoisotopic (exact) mass is 440 g/mol. The lowest BCUT2D eigenvalue weighted by Gasteiger charge is -2.29. The molecule has 3 aromatic carbocycles. The largest absolute Gasteiger partial charge is 0.0923 e. The molecule has 0 bridgehead atoms. The van der Waals surface area contributed by atoms with Crippen molar-refractivity contribution in [3.63, 3.8) is 0 Å². The summed E-state index contributed by atoms with van der Waals surface area (Å²) in [5.74, 6) is 0. The van der Waals surface area contributed by atoms with Gasteiger partial charge in [0.05, 0.1) is 0 Å². The predicted molar refractivity (Wildman–Crippen MR) is 134 cm³/mol. The van der Waals surface area contributed by atoms with E-state index in [9.17, 15) is 0 Å². The maximum absolute atomic E-state index is 6.45.